The van der Waals surface area contributed by atoms with E-state index in [1.807, 2.05) is 6.92 Å². The summed E-state index contributed by atoms with van der Waals surface area (Å²) in [5.74, 6) is -0.994. The number of rotatable bonds is 3. The number of aromatic nitrogens is 1. The number of hydrogen-bond acceptors (Lipinski definition) is 3. The Kier molecular flexibility index (Phi) is 4.08. The van der Waals surface area contributed by atoms with E-state index in [0.717, 1.165) is 9.88 Å². The third-order valence-corrected chi connectivity index (χ3v) is 3.79. The van der Waals surface area contributed by atoms with Crippen molar-refractivity contribution < 1.29 is 9.18 Å². The van der Waals surface area contributed by atoms with Crippen molar-refractivity contribution in [2.24, 2.45) is 0 Å². The van der Waals surface area contributed by atoms with Gasteiger partial charge < -0.3 is 5.32 Å². The van der Waals surface area contributed by atoms with Crippen LogP contribution >= 0.6 is 27.3 Å². The van der Waals surface area contributed by atoms with Gasteiger partial charge in [-0.1, -0.05) is 6.07 Å². The Labute approximate surface area is 116 Å². The summed E-state index contributed by atoms with van der Waals surface area (Å²) in [6, 6.07) is 4.62. The Hall–Kier alpha value is -1.27. The van der Waals surface area contributed by atoms with Crippen molar-refractivity contribution in [1.82, 2.24) is 10.3 Å². The van der Waals surface area contributed by atoms with Crippen molar-refractivity contribution in [1.29, 1.82) is 0 Å². The number of carbonyl (C=O) groups is 1. The summed E-state index contributed by atoms with van der Waals surface area (Å²) in [5, 5.41) is 3.45. The van der Waals surface area contributed by atoms with Gasteiger partial charge in [-0.2, -0.15) is 0 Å². The highest BCUT2D eigenvalue weighted by Crippen LogP contribution is 2.18. The SMILES string of the molecule is Cc1cnc(CNC(=O)c2cccc(Br)c2F)s1. The van der Waals surface area contributed by atoms with Crippen molar-refractivity contribution in [3.8, 4) is 0 Å². The molecule has 0 saturated carbocycles. The molecule has 0 fully saturated rings. The molecule has 0 spiro atoms. The third-order valence-electron chi connectivity index (χ3n) is 2.27. The average Bonchev–Trinajstić information content (AvgIpc) is 2.76. The standard InChI is InChI=1S/C12H10BrFN2OS/c1-7-5-15-10(18-7)6-16-12(17)8-3-2-4-9(13)11(8)14/h2-5H,6H2,1H3,(H,16,17). The van der Waals surface area contributed by atoms with Crippen LogP contribution in [0.25, 0.3) is 0 Å². The fourth-order valence-electron chi connectivity index (χ4n) is 1.41. The van der Waals surface area contributed by atoms with E-state index in [2.05, 4.69) is 26.2 Å². The largest absolute Gasteiger partial charge is 0.345 e. The molecule has 0 atom stereocenters. The Morgan fingerprint density at radius 3 is 3.00 bits per heavy atom. The molecule has 0 radical (unpaired) electrons. The van der Waals surface area contributed by atoms with Crippen LogP contribution in [0.2, 0.25) is 0 Å². The Bertz CT molecular complexity index is 585. The number of benzene rings is 1. The first-order valence-corrected chi connectivity index (χ1v) is 6.82. The van der Waals surface area contributed by atoms with Crippen molar-refractivity contribution in [2.45, 2.75) is 13.5 Å². The summed E-state index contributed by atoms with van der Waals surface area (Å²) in [6.45, 7) is 2.25. The van der Waals surface area contributed by atoms with Crippen molar-refractivity contribution in [2.75, 3.05) is 0 Å². The number of amides is 1. The van der Waals surface area contributed by atoms with Gasteiger partial charge >= 0.3 is 0 Å². The molecule has 2 rings (SSSR count). The summed E-state index contributed by atoms with van der Waals surface area (Å²) < 4.78 is 13.9. The number of halogens is 2. The second-order valence-electron chi connectivity index (χ2n) is 3.65. The molecule has 1 N–H and O–H groups in total. The molecule has 0 bridgehead atoms. The Morgan fingerprint density at radius 1 is 1.56 bits per heavy atom. The van der Waals surface area contributed by atoms with Crippen molar-refractivity contribution in [3.05, 3.63) is 50.1 Å². The fraction of sp³-hybridized carbons (Fsp3) is 0.167. The van der Waals surface area contributed by atoms with Gasteiger partial charge in [-0.05, 0) is 35.0 Å². The van der Waals surface area contributed by atoms with Crippen LogP contribution in [0.5, 0.6) is 0 Å². The van der Waals surface area contributed by atoms with Gasteiger partial charge in [-0.3, -0.25) is 4.79 Å². The van der Waals surface area contributed by atoms with Crippen LogP contribution in [0, 0.1) is 12.7 Å². The molecule has 6 heteroatoms. The molecule has 0 saturated heterocycles. The van der Waals surface area contributed by atoms with Crippen LogP contribution in [0.3, 0.4) is 0 Å². The molecule has 1 aromatic carbocycles. The first-order chi connectivity index (χ1) is 8.58. The number of nitrogens with zero attached hydrogens (tertiary/aromatic N) is 1. The lowest BCUT2D eigenvalue weighted by Gasteiger charge is -2.05. The highest BCUT2D eigenvalue weighted by Gasteiger charge is 2.13. The minimum absolute atomic E-state index is 0.0256. The zero-order valence-electron chi connectivity index (χ0n) is 9.54. The zero-order valence-corrected chi connectivity index (χ0v) is 11.9. The monoisotopic (exact) mass is 328 g/mol. The lowest BCUT2D eigenvalue weighted by Crippen LogP contribution is -2.23. The maximum Gasteiger partial charge on any atom is 0.254 e. The minimum atomic E-state index is -0.551. The maximum absolute atomic E-state index is 13.7. The first kappa shape index (κ1) is 13.2. The first-order valence-electron chi connectivity index (χ1n) is 5.21. The van der Waals surface area contributed by atoms with Crippen LogP contribution in [-0.2, 0) is 6.54 Å². The van der Waals surface area contributed by atoms with Crippen LogP contribution in [0.4, 0.5) is 4.39 Å². The second-order valence-corrected chi connectivity index (χ2v) is 5.82. The molecule has 0 aliphatic heterocycles. The van der Waals surface area contributed by atoms with Crippen molar-refractivity contribution >= 4 is 33.2 Å². The molecule has 0 aliphatic rings. The van der Waals surface area contributed by atoms with Crippen LogP contribution in [-0.4, -0.2) is 10.9 Å². The Balaban J connectivity index is 2.06. The molecule has 1 aromatic heterocycles. The number of aryl methyl sites for hydroxylation is 1. The van der Waals surface area contributed by atoms with E-state index in [4.69, 9.17) is 0 Å². The molecule has 0 aliphatic carbocycles. The second kappa shape index (κ2) is 5.58. The van der Waals surface area contributed by atoms with Crippen LogP contribution in [0.1, 0.15) is 20.2 Å². The molecular formula is C12H10BrFN2OS. The normalized spacial score (nSPS) is 10.4. The van der Waals surface area contributed by atoms with E-state index in [1.165, 1.54) is 17.4 Å². The predicted octanol–water partition coefficient (Wildman–Crippen LogP) is 3.28. The van der Waals surface area contributed by atoms with Gasteiger partial charge in [0.05, 0.1) is 16.6 Å². The summed E-state index contributed by atoms with van der Waals surface area (Å²) in [6.07, 6.45) is 1.74. The topological polar surface area (TPSA) is 42.0 Å². The van der Waals surface area contributed by atoms with Crippen LogP contribution in [0.15, 0.2) is 28.9 Å². The lowest BCUT2D eigenvalue weighted by molar-refractivity contribution is 0.0946. The molecule has 18 heavy (non-hydrogen) atoms. The van der Waals surface area contributed by atoms with Gasteiger partial charge in [0.2, 0.25) is 0 Å². The van der Waals surface area contributed by atoms with E-state index >= 15 is 0 Å². The van der Waals surface area contributed by atoms with E-state index < -0.39 is 11.7 Å². The zero-order chi connectivity index (χ0) is 13.1. The minimum Gasteiger partial charge on any atom is -0.345 e. The molecule has 1 amide bonds. The summed E-state index contributed by atoms with van der Waals surface area (Å²) in [5.41, 5.74) is 0.0256. The molecular weight excluding hydrogens is 319 g/mol. The van der Waals surface area contributed by atoms with E-state index in [0.29, 0.717) is 6.54 Å². The number of carbonyl (C=O) groups excluding carboxylic acids is 1. The van der Waals surface area contributed by atoms with E-state index in [9.17, 15) is 9.18 Å². The Morgan fingerprint density at radius 2 is 2.33 bits per heavy atom. The van der Waals surface area contributed by atoms with Gasteiger partial charge in [0, 0.05) is 11.1 Å². The number of nitrogens with one attached hydrogen (secondary N) is 1. The molecule has 2 aromatic rings. The molecule has 1 heterocycles. The van der Waals surface area contributed by atoms with Gasteiger partial charge in [0.25, 0.3) is 5.91 Å². The van der Waals surface area contributed by atoms with Gasteiger partial charge in [-0.15, -0.1) is 11.3 Å². The maximum atomic E-state index is 13.7. The van der Waals surface area contributed by atoms with Crippen LogP contribution < -0.4 is 5.32 Å². The average molecular weight is 329 g/mol. The van der Waals surface area contributed by atoms with Gasteiger partial charge in [0.1, 0.15) is 10.8 Å². The van der Waals surface area contributed by atoms with Crippen molar-refractivity contribution in [3.63, 3.8) is 0 Å². The highest BCUT2D eigenvalue weighted by atomic mass is 79.9. The molecule has 3 nitrogen and oxygen atoms in total. The smallest absolute Gasteiger partial charge is 0.254 e. The molecule has 0 unspecified atom stereocenters. The van der Waals surface area contributed by atoms with E-state index in [-0.39, 0.29) is 10.0 Å². The highest BCUT2D eigenvalue weighted by molar-refractivity contribution is 9.10. The summed E-state index contributed by atoms with van der Waals surface area (Å²) >= 11 is 4.55. The van der Waals surface area contributed by atoms with E-state index in [1.54, 1.807) is 18.3 Å². The summed E-state index contributed by atoms with van der Waals surface area (Å²) in [4.78, 5) is 17.0. The van der Waals surface area contributed by atoms with Gasteiger partial charge in [0.15, 0.2) is 0 Å². The number of thiazole rings is 1. The quantitative estimate of drug-likeness (QED) is 0.939. The molecule has 94 valence electrons. The lowest BCUT2D eigenvalue weighted by atomic mass is 10.2. The fourth-order valence-corrected chi connectivity index (χ4v) is 2.51. The summed E-state index contributed by atoms with van der Waals surface area (Å²) in [7, 11) is 0. The van der Waals surface area contributed by atoms with Gasteiger partial charge in [-0.25, -0.2) is 9.37 Å². The predicted molar refractivity (Wildman–Crippen MR) is 72.1 cm³/mol. The third kappa shape index (κ3) is 2.94. The number of hydrogen-bond donors (Lipinski definition) is 1.